The number of carbonyl (C=O) groups excluding carboxylic acids is 1. The summed E-state index contributed by atoms with van der Waals surface area (Å²) in [5.41, 5.74) is 4.63. The average molecular weight is 271 g/mol. The largest absolute Gasteiger partial charge is 0.469 e. The van der Waals surface area contributed by atoms with Crippen molar-refractivity contribution in [2.24, 2.45) is 5.73 Å². The summed E-state index contributed by atoms with van der Waals surface area (Å²) >= 11 is 0. The Kier molecular flexibility index (Phi) is 4.30. The van der Waals surface area contributed by atoms with Crippen molar-refractivity contribution in [3.8, 4) is 0 Å². The van der Waals surface area contributed by atoms with Crippen LogP contribution >= 0.6 is 0 Å². The Balaban J connectivity index is 3.35. The van der Waals surface area contributed by atoms with Crippen LogP contribution in [0.25, 0.3) is 0 Å². The van der Waals surface area contributed by atoms with Crippen LogP contribution in [0, 0.1) is 11.6 Å². The molecule has 0 aromatic heterocycles. The van der Waals surface area contributed by atoms with Gasteiger partial charge < -0.3 is 10.5 Å². The highest BCUT2D eigenvalue weighted by atomic mass is 19.1. The molecule has 0 saturated heterocycles. The van der Waals surface area contributed by atoms with E-state index in [1.165, 1.54) is 19.2 Å². The van der Waals surface area contributed by atoms with Gasteiger partial charge in [-0.25, -0.2) is 8.78 Å². The third-order valence-electron chi connectivity index (χ3n) is 3.65. The first-order valence-electron chi connectivity index (χ1n) is 5.92. The highest BCUT2D eigenvalue weighted by Crippen LogP contribution is 2.37. The van der Waals surface area contributed by atoms with Crippen LogP contribution in [0.1, 0.15) is 32.8 Å². The van der Waals surface area contributed by atoms with Crippen LogP contribution < -0.4 is 5.73 Å². The molecule has 1 aromatic rings. The van der Waals surface area contributed by atoms with Crippen molar-refractivity contribution in [3.05, 3.63) is 35.4 Å². The molecule has 0 aliphatic carbocycles. The van der Waals surface area contributed by atoms with Gasteiger partial charge in [0, 0.05) is 17.0 Å². The second-order valence-corrected chi connectivity index (χ2v) is 5.46. The second kappa shape index (κ2) is 5.25. The summed E-state index contributed by atoms with van der Waals surface area (Å²) in [6.07, 6.45) is -0.0596. The minimum Gasteiger partial charge on any atom is -0.469 e. The summed E-state index contributed by atoms with van der Waals surface area (Å²) in [6.45, 7) is 5.11. The summed E-state index contributed by atoms with van der Waals surface area (Å²) in [5, 5.41) is 0. The van der Waals surface area contributed by atoms with Crippen LogP contribution in [0.5, 0.6) is 0 Å². The van der Waals surface area contributed by atoms with Crippen LogP contribution in [0.4, 0.5) is 8.78 Å². The first kappa shape index (κ1) is 15.6. The molecular formula is C14H19F2NO2. The maximum atomic E-state index is 13.4. The van der Waals surface area contributed by atoms with Crippen molar-refractivity contribution < 1.29 is 18.3 Å². The molecule has 0 aliphatic heterocycles. The molecule has 0 heterocycles. The van der Waals surface area contributed by atoms with Crippen molar-refractivity contribution in [2.75, 3.05) is 7.11 Å². The third-order valence-corrected chi connectivity index (χ3v) is 3.65. The van der Waals surface area contributed by atoms with E-state index >= 15 is 0 Å². The van der Waals surface area contributed by atoms with Crippen molar-refractivity contribution in [1.82, 2.24) is 0 Å². The Labute approximate surface area is 111 Å². The predicted octanol–water partition coefficient (Wildman–Crippen LogP) is 2.52. The van der Waals surface area contributed by atoms with Gasteiger partial charge in [-0.15, -0.1) is 0 Å². The van der Waals surface area contributed by atoms with Gasteiger partial charge in [0.25, 0.3) is 0 Å². The lowest BCUT2D eigenvalue weighted by Gasteiger charge is -2.41. The molecule has 3 nitrogen and oxygen atoms in total. The molecule has 1 unspecified atom stereocenters. The maximum Gasteiger partial charge on any atom is 0.306 e. The lowest BCUT2D eigenvalue weighted by Crippen LogP contribution is -2.53. The molecule has 5 heteroatoms. The molecule has 106 valence electrons. The summed E-state index contributed by atoms with van der Waals surface area (Å²) in [6, 6.07) is 3.17. The number of ether oxygens (including phenoxy) is 1. The standard InChI is InChI=1S/C14H19F2NO2/c1-13(2,17)14(3,8-12(18)19-4)9-5-10(15)7-11(16)6-9/h5-7H,8,17H2,1-4H3. The molecule has 2 N–H and O–H groups in total. The maximum absolute atomic E-state index is 13.4. The molecule has 0 bridgehead atoms. The van der Waals surface area contributed by atoms with E-state index < -0.39 is 28.6 Å². The number of hydrogen-bond acceptors (Lipinski definition) is 3. The van der Waals surface area contributed by atoms with Gasteiger partial charge in [-0.1, -0.05) is 6.92 Å². The zero-order valence-corrected chi connectivity index (χ0v) is 11.6. The molecular weight excluding hydrogens is 252 g/mol. The lowest BCUT2D eigenvalue weighted by molar-refractivity contribution is -0.142. The molecule has 0 fully saturated rings. The Morgan fingerprint density at radius 2 is 1.68 bits per heavy atom. The minimum absolute atomic E-state index is 0.0596. The van der Waals surface area contributed by atoms with Gasteiger partial charge >= 0.3 is 5.97 Å². The van der Waals surface area contributed by atoms with Gasteiger partial charge in [0.1, 0.15) is 11.6 Å². The molecule has 0 saturated carbocycles. The van der Waals surface area contributed by atoms with E-state index in [2.05, 4.69) is 4.74 Å². The van der Waals surface area contributed by atoms with E-state index in [9.17, 15) is 13.6 Å². The fourth-order valence-corrected chi connectivity index (χ4v) is 1.94. The molecule has 0 radical (unpaired) electrons. The van der Waals surface area contributed by atoms with Gasteiger partial charge in [-0.05, 0) is 31.5 Å². The molecule has 1 aromatic carbocycles. The number of carbonyl (C=O) groups is 1. The van der Waals surface area contributed by atoms with Crippen LogP contribution in [-0.4, -0.2) is 18.6 Å². The van der Waals surface area contributed by atoms with Gasteiger partial charge in [0.05, 0.1) is 13.5 Å². The molecule has 1 rings (SSSR count). The second-order valence-electron chi connectivity index (χ2n) is 5.46. The molecule has 19 heavy (non-hydrogen) atoms. The van der Waals surface area contributed by atoms with E-state index in [1.807, 2.05) is 0 Å². The van der Waals surface area contributed by atoms with Crippen LogP contribution in [-0.2, 0) is 14.9 Å². The van der Waals surface area contributed by atoms with E-state index in [0.717, 1.165) is 6.07 Å². The van der Waals surface area contributed by atoms with Crippen LogP contribution in [0.15, 0.2) is 18.2 Å². The SMILES string of the molecule is COC(=O)CC(C)(c1cc(F)cc(F)c1)C(C)(C)N. The summed E-state index contributed by atoms with van der Waals surface area (Å²) in [7, 11) is 1.26. The zero-order valence-electron chi connectivity index (χ0n) is 11.6. The predicted molar refractivity (Wildman–Crippen MR) is 68.6 cm³/mol. The third kappa shape index (κ3) is 3.29. The number of esters is 1. The lowest BCUT2D eigenvalue weighted by atomic mass is 9.66. The Morgan fingerprint density at radius 3 is 2.05 bits per heavy atom. The molecule has 0 aliphatic rings. The van der Waals surface area contributed by atoms with Gasteiger partial charge in [-0.2, -0.15) is 0 Å². The minimum atomic E-state index is -0.941. The van der Waals surface area contributed by atoms with E-state index in [1.54, 1.807) is 20.8 Å². The first-order valence-corrected chi connectivity index (χ1v) is 5.92. The Hall–Kier alpha value is -1.49. The quantitative estimate of drug-likeness (QED) is 0.856. The highest BCUT2D eigenvalue weighted by molar-refractivity contribution is 5.71. The summed E-state index contributed by atoms with van der Waals surface area (Å²) < 4.78 is 31.4. The fourth-order valence-electron chi connectivity index (χ4n) is 1.94. The normalized spacial score (nSPS) is 14.9. The van der Waals surface area contributed by atoms with E-state index in [0.29, 0.717) is 5.56 Å². The average Bonchev–Trinajstić information content (AvgIpc) is 2.25. The molecule has 0 spiro atoms. The van der Waals surface area contributed by atoms with E-state index in [4.69, 9.17) is 5.73 Å². The monoisotopic (exact) mass is 271 g/mol. The highest BCUT2D eigenvalue weighted by Gasteiger charge is 2.42. The van der Waals surface area contributed by atoms with Crippen molar-refractivity contribution in [3.63, 3.8) is 0 Å². The smallest absolute Gasteiger partial charge is 0.306 e. The number of hydrogen-bond donors (Lipinski definition) is 1. The van der Waals surface area contributed by atoms with Crippen LogP contribution in [0.3, 0.4) is 0 Å². The van der Waals surface area contributed by atoms with Gasteiger partial charge in [-0.3, -0.25) is 4.79 Å². The molecule has 0 amide bonds. The summed E-state index contributed by atoms with van der Waals surface area (Å²) in [4.78, 5) is 11.6. The van der Waals surface area contributed by atoms with Crippen molar-refractivity contribution in [2.45, 2.75) is 38.1 Å². The van der Waals surface area contributed by atoms with Crippen LogP contribution in [0.2, 0.25) is 0 Å². The first-order chi connectivity index (χ1) is 8.60. The van der Waals surface area contributed by atoms with E-state index in [-0.39, 0.29) is 6.42 Å². The number of nitrogens with two attached hydrogens (primary N) is 1. The zero-order chi connectivity index (χ0) is 14.8. The number of halogens is 2. The number of methoxy groups -OCH3 is 1. The van der Waals surface area contributed by atoms with Crippen molar-refractivity contribution in [1.29, 1.82) is 0 Å². The van der Waals surface area contributed by atoms with Crippen molar-refractivity contribution >= 4 is 5.97 Å². The number of rotatable bonds is 4. The Bertz CT molecular complexity index is 463. The van der Waals surface area contributed by atoms with Gasteiger partial charge in [0.2, 0.25) is 0 Å². The van der Waals surface area contributed by atoms with Gasteiger partial charge in [0.15, 0.2) is 0 Å². The fraction of sp³-hybridized carbons (Fsp3) is 0.500. The molecule has 1 atom stereocenters. The summed E-state index contributed by atoms with van der Waals surface area (Å²) in [5.74, 6) is -1.88. The number of benzene rings is 1. The topological polar surface area (TPSA) is 52.3 Å². The Morgan fingerprint density at radius 1 is 1.21 bits per heavy atom.